The minimum absolute atomic E-state index is 0.113. The smallest absolute Gasteiger partial charge is 0.236 e. The van der Waals surface area contributed by atoms with E-state index >= 15 is 0 Å². The molecule has 0 saturated carbocycles. The van der Waals surface area contributed by atoms with Crippen LogP contribution in [0.2, 0.25) is 0 Å². The lowest BCUT2D eigenvalue weighted by Gasteiger charge is -2.14. The number of amides is 2. The van der Waals surface area contributed by atoms with Crippen LogP contribution in [0.3, 0.4) is 0 Å². The zero-order chi connectivity index (χ0) is 10.1. The van der Waals surface area contributed by atoms with E-state index in [0.29, 0.717) is 0 Å². The number of aliphatic hydroxyl groups is 1. The molecule has 0 spiro atoms. The second-order valence-corrected chi connectivity index (χ2v) is 3.69. The third-order valence-corrected chi connectivity index (χ3v) is 2.88. The van der Waals surface area contributed by atoms with E-state index in [-0.39, 0.29) is 36.8 Å². The maximum atomic E-state index is 11.7. The Morgan fingerprint density at radius 1 is 1.43 bits per heavy atom. The lowest BCUT2D eigenvalue weighted by atomic mass is 9.86. The van der Waals surface area contributed by atoms with Crippen molar-refractivity contribution in [1.29, 1.82) is 0 Å². The molecule has 1 saturated heterocycles. The molecule has 1 aliphatic carbocycles. The van der Waals surface area contributed by atoms with Crippen molar-refractivity contribution in [3.05, 3.63) is 12.2 Å². The lowest BCUT2D eigenvalue weighted by Crippen LogP contribution is -2.33. The van der Waals surface area contributed by atoms with E-state index in [9.17, 15) is 9.59 Å². The summed E-state index contributed by atoms with van der Waals surface area (Å²) in [6.45, 7) is -0.0147. The van der Waals surface area contributed by atoms with Gasteiger partial charge in [-0.15, -0.1) is 0 Å². The topological polar surface area (TPSA) is 57.6 Å². The second-order valence-electron chi connectivity index (χ2n) is 3.69. The average molecular weight is 195 g/mol. The number of likely N-dealkylation sites (tertiary alicyclic amines) is 1. The van der Waals surface area contributed by atoms with Crippen molar-refractivity contribution in [2.24, 2.45) is 11.8 Å². The maximum Gasteiger partial charge on any atom is 0.236 e. The molecular weight excluding hydrogens is 182 g/mol. The average Bonchev–Trinajstić information content (AvgIpc) is 2.45. The fourth-order valence-electron chi connectivity index (χ4n) is 2.17. The summed E-state index contributed by atoms with van der Waals surface area (Å²) in [7, 11) is 0. The van der Waals surface area contributed by atoms with Crippen molar-refractivity contribution in [3.63, 3.8) is 0 Å². The van der Waals surface area contributed by atoms with E-state index in [1.165, 1.54) is 4.90 Å². The quantitative estimate of drug-likeness (QED) is 0.495. The molecule has 4 heteroatoms. The van der Waals surface area contributed by atoms with E-state index in [1.807, 2.05) is 12.2 Å². The molecule has 4 nitrogen and oxygen atoms in total. The molecule has 0 aromatic heterocycles. The maximum absolute atomic E-state index is 11.7. The number of aliphatic hydroxyl groups excluding tert-OH is 1. The Hall–Kier alpha value is -1.16. The fraction of sp³-hybridized carbons (Fsp3) is 0.600. The molecule has 1 fully saturated rings. The van der Waals surface area contributed by atoms with Crippen molar-refractivity contribution in [3.8, 4) is 0 Å². The first-order valence-electron chi connectivity index (χ1n) is 4.88. The Labute approximate surface area is 82.2 Å². The normalized spacial score (nSPS) is 31.1. The molecule has 2 aliphatic rings. The number of fused-ring (bicyclic) bond motifs is 1. The minimum atomic E-state index is -0.261. The zero-order valence-electron chi connectivity index (χ0n) is 7.85. The third-order valence-electron chi connectivity index (χ3n) is 2.88. The molecule has 0 bridgehead atoms. The molecule has 14 heavy (non-hydrogen) atoms. The van der Waals surface area contributed by atoms with E-state index in [2.05, 4.69) is 0 Å². The summed E-state index contributed by atoms with van der Waals surface area (Å²) in [5, 5.41) is 8.73. The summed E-state index contributed by atoms with van der Waals surface area (Å²) >= 11 is 0. The zero-order valence-corrected chi connectivity index (χ0v) is 7.85. The fourth-order valence-corrected chi connectivity index (χ4v) is 2.17. The summed E-state index contributed by atoms with van der Waals surface area (Å²) in [4.78, 5) is 24.6. The van der Waals surface area contributed by atoms with E-state index < -0.39 is 0 Å². The van der Waals surface area contributed by atoms with Gasteiger partial charge in [0.15, 0.2) is 0 Å². The van der Waals surface area contributed by atoms with Gasteiger partial charge in [0, 0.05) is 0 Å². The number of hydrogen-bond acceptors (Lipinski definition) is 3. The van der Waals surface area contributed by atoms with E-state index in [0.717, 1.165) is 12.8 Å². The van der Waals surface area contributed by atoms with Gasteiger partial charge in [0.25, 0.3) is 0 Å². The van der Waals surface area contributed by atoms with Crippen molar-refractivity contribution in [2.45, 2.75) is 12.8 Å². The summed E-state index contributed by atoms with van der Waals surface area (Å²) in [5.74, 6) is -0.690. The molecule has 76 valence electrons. The number of allylic oxidation sites excluding steroid dienone is 1. The van der Waals surface area contributed by atoms with Gasteiger partial charge in [0.2, 0.25) is 11.8 Å². The van der Waals surface area contributed by atoms with Crippen molar-refractivity contribution in [1.82, 2.24) is 4.90 Å². The van der Waals surface area contributed by atoms with Crippen molar-refractivity contribution in [2.75, 3.05) is 13.2 Å². The number of imide groups is 1. The van der Waals surface area contributed by atoms with Crippen LogP contribution in [-0.2, 0) is 9.59 Å². The Morgan fingerprint density at radius 2 is 2.21 bits per heavy atom. The van der Waals surface area contributed by atoms with E-state index in [1.54, 1.807) is 0 Å². The molecule has 1 N–H and O–H groups in total. The first-order chi connectivity index (χ1) is 6.75. The summed E-state index contributed by atoms with van der Waals surface area (Å²) < 4.78 is 0. The van der Waals surface area contributed by atoms with Gasteiger partial charge in [0.05, 0.1) is 25.0 Å². The van der Waals surface area contributed by atoms with Gasteiger partial charge in [-0.2, -0.15) is 0 Å². The highest BCUT2D eigenvalue weighted by Gasteiger charge is 2.46. The van der Waals surface area contributed by atoms with Crippen molar-refractivity contribution >= 4 is 11.8 Å². The van der Waals surface area contributed by atoms with Crippen LogP contribution >= 0.6 is 0 Å². The standard InChI is InChI=1S/C10H13NO3/c12-6-5-11-9(13)7-3-1-2-4-8(7)10(11)14/h1,3,7-8,12H,2,4-6H2/t7?,8-/m1/s1. The Kier molecular flexibility index (Phi) is 2.37. The predicted molar refractivity (Wildman–Crippen MR) is 49.2 cm³/mol. The molecule has 0 aromatic carbocycles. The summed E-state index contributed by atoms with van der Waals surface area (Å²) in [6, 6.07) is 0. The van der Waals surface area contributed by atoms with Crippen LogP contribution in [0.15, 0.2) is 12.2 Å². The van der Waals surface area contributed by atoms with Crippen LogP contribution in [0.4, 0.5) is 0 Å². The van der Waals surface area contributed by atoms with Gasteiger partial charge >= 0.3 is 0 Å². The summed E-state index contributed by atoms with van der Waals surface area (Å²) in [5.41, 5.74) is 0. The van der Waals surface area contributed by atoms with Gasteiger partial charge in [0.1, 0.15) is 0 Å². The highest BCUT2D eigenvalue weighted by molar-refractivity contribution is 6.06. The second kappa shape index (κ2) is 3.53. The molecule has 2 atom stereocenters. The van der Waals surface area contributed by atoms with E-state index in [4.69, 9.17) is 5.11 Å². The van der Waals surface area contributed by atoms with Crippen LogP contribution in [-0.4, -0.2) is 35.0 Å². The molecule has 1 unspecified atom stereocenters. The Balaban J connectivity index is 2.22. The third kappa shape index (κ3) is 1.26. The van der Waals surface area contributed by atoms with Gasteiger partial charge in [-0.25, -0.2) is 0 Å². The molecule has 2 rings (SSSR count). The summed E-state index contributed by atoms with van der Waals surface area (Å²) in [6.07, 6.45) is 5.40. The van der Waals surface area contributed by atoms with Crippen LogP contribution in [0, 0.1) is 11.8 Å². The number of carbonyl (C=O) groups excluding carboxylic acids is 2. The number of carbonyl (C=O) groups is 2. The molecule has 2 amide bonds. The highest BCUT2D eigenvalue weighted by Crippen LogP contribution is 2.33. The minimum Gasteiger partial charge on any atom is -0.395 e. The number of hydrogen-bond donors (Lipinski definition) is 1. The Bertz CT molecular complexity index is 298. The van der Waals surface area contributed by atoms with Gasteiger partial charge in [-0.1, -0.05) is 12.2 Å². The number of rotatable bonds is 2. The highest BCUT2D eigenvalue weighted by atomic mass is 16.3. The SMILES string of the molecule is O=C1C2C=CCC[C@H]2C(=O)N1CCO. The molecular formula is C10H13NO3. The molecule has 0 aromatic rings. The monoisotopic (exact) mass is 195 g/mol. The molecule has 1 aliphatic heterocycles. The van der Waals surface area contributed by atoms with Crippen LogP contribution in [0.1, 0.15) is 12.8 Å². The molecule has 1 heterocycles. The largest absolute Gasteiger partial charge is 0.395 e. The first-order valence-corrected chi connectivity index (χ1v) is 4.88. The number of nitrogens with zero attached hydrogens (tertiary/aromatic N) is 1. The predicted octanol–water partition coefficient (Wildman–Crippen LogP) is -0.0701. The van der Waals surface area contributed by atoms with Crippen LogP contribution in [0.5, 0.6) is 0 Å². The van der Waals surface area contributed by atoms with Gasteiger partial charge < -0.3 is 5.11 Å². The lowest BCUT2D eigenvalue weighted by molar-refractivity contribution is -0.140. The van der Waals surface area contributed by atoms with Crippen LogP contribution < -0.4 is 0 Å². The molecule has 0 radical (unpaired) electrons. The Morgan fingerprint density at radius 3 is 2.86 bits per heavy atom. The van der Waals surface area contributed by atoms with Crippen molar-refractivity contribution < 1.29 is 14.7 Å². The number of β-amino-alcohol motifs (C(OH)–C–C–N with tert-alkyl or cyclic N) is 1. The van der Waals surface area contributed by atoms with Gasteiger partial charge in [-0.05, 0) is 12.8 Å². The van der Waals surface area contributed by atoms with Gasteiger partial charge in [-0.3, -0.25) is 14.5 Å². The first kappa shape index (κ1) is 9.40. The van der Waals surface area contributed by atoms with Crippen LogP contribution in [0.25, 0.3) is 0 Å².